The molecule has 1 aromatic carbocycles. The van der Waals surface area contributed by atoms with E-state index in [0.717, 1.165) is 10.0 Å². The van der Waals surface area contributed by atoms with E-state index in [2.05, 4.69) is 15.9 Å². The topological polar surface area (TPSA) is 53.2 Å². The van der Waals surface area contributed by atoms with Crippen LogP contribution in [0.15, 0.2) is 16.6 Å². The Kier molecular flexibility index (Phi) is 3.78. The Morgan fingerprint density at radius 3 is 2.86 bits per heavy atom. The number of benzene rings is 1. The lowest BCUT2D eigenvalue weighted by Gasteiger charge is -2.08. The molecule has 74 valence electrons. The van der Waals surface area contributed by atoms with Crippen molar-refractivity contribution in [1.29, 1.82) is 5.26 Å². The SMILES string of the molecule is COc1cc(Br)cc(CCC#N)c1O. The fourth-order valence-corrected chi connectivity index (χ4v) is 1.65. The number of aryl methyl sites for hydroxylation is 1. The molecule has 4 heteroatoms. The molecule has 0 heterocycles. The fourth-order valence-electron chi connectivity index (χ4n) is 1.17. The molecule has 0 aliphatic rings. The summed E-state index contributed by atoms with van der Waals surface area (Å²) in [6.45, 7) is 0. The molecule has 0 saturated heterocycles. The lowest BCUT2D eigenvalue weighted by Crippen LogP contribution is -1.90. The Balaban J connectivity index is 3.04. The Hall–Kier alpha value is -1.21. The molecule has 0 fully saturated rings. The van der Waals surface area contributed by atoms with Crippen molar-refractivity contribution in [3.8, 4) is 17.6 Å². The zero-order valence-electron chi connectivity index (χ0n) is 7.75. The molecule has 0 aliphatic carbocycles. The van der Waals surface area contributed by atoms with Crippen molar-refractivity contribution in [2.75, 3.05) is 7.11 Å². The highest BCUT2D eigenvalue weighted by molar-refractivity contribution is 9.10. The van der Waals surface area contributed by atoms with Gasteiger partial charge in [0, 0.05) is 10.9 Å². The summed E-state index contributed by atoms with van der Waals surface area (Å²) in [4.78, 5) is 0. The van der Waals surface area contributed by atoms with Gasteiger partial charge < -0.3 is 9.84 Å². The first kappa shape index (κ1) is 10.9. The van der Waals surface area contributed by atoms with Gasteiger partial charge in [-0.3, -0.25) is 0 Å². The number of hydrogen-bond donors (Lipinski definition) is 1. The van der Waals surface area contributed by atoms with E-state index in [1.165, 1.54) is 7.11 Å². The van der Waals surface area contributed by atoms with Gasteiger partial charge in [-0.15, -0.1) is 0 Å². The Labute approximate surface area is 91.1 Å². The standard InChI is InChI=1S/C10H10BrNO2/c1-14-9-6-8(11)5-7(10(9)13)3-2-4-12/h5-6,13H,2-3H2,1H3. The second-order valence-corrected chi connectivity index (χ2v) is 3.69. The second kappa shape index (κ2) is 4.87. The lowest BCUT2D eigenvalue weighted by atomic mass is 10.1. The summed E-state index contributed by atoms with van der Waals surface area (Å²) < 4.78 is 5.82. The number of phenols is 1. The average Bonchev–Trinajstić information content (AvgIpc) is 2.18. The van der Waals surface area contributed by atoms with E-state index in [1.54, 1.807) is 12.1 Å². The first-order valence-electron chi connectivity index (χ1n) is 4.11. The van der Waals surface area contributed by atoms with Gasteiger partial charge in [0.15, 0.2) is 11.5 Å². The number of hydrogen-bond acceptors (Lipinski definition) is 3. The minimum Gasteiger partial charge on any atom is -0.504 e. The third-order valence-electron chi connectivity index (χ3n) is 1.84. The largest absolute Gasteiger partial charge is 0.504 e. The molecule has 0 radical (unpaired) electrons. The monoisotopic (exact) mass is 255 g/mol. The van der Waals surface area contributed by atoms with E-state index in [-0.39, 0.29) is 5.75 Å². The molecule has 1 rings (SSSR count). The van der Waals surface area contributed by atoms with E-state index < -0.39 is 0 Å². The normalized spacial score (nSPS) is 9.50. The van der Waals surface area contributed by atoms with Crippen molar-refractivity contribution in [3.63, 3.8) is 0 Å². The van der Waals surface area contributed by atoms with Crippen LogP contribution in [-0.2, 0) is 6.42 Å². The maximum Gasteiger partial charge on any atom is 0.161 e. The highest BCUT2D eigenvalue weighted by Crippen LogP contribution is 2.34. The maximum absolute atomic E-state index is 9.68. The highest BCUT2D eigenvalue weighted by atomic mass is 79.9. The number of nitriles is 1. The molecular weight excluding hydrogens is 246 g/mol. The number of phenolic OH excluding ortho intramolecular Hbond substituents is 1. The molecule has 0 spiro atoms. The Morgan fingerprint density at radius 2 is 2.29 bits per heavy atom. The minimum absolute atomic E-state index is 0.117. The number of rotatable bonds is 3. The van der Waals surface area contributed by atoms with Crippen LogP contribution < -0.4 is 4.74 Å². The Bertz CT molecular complexity index is 371. The lowest BCUT2D eigenvalue weighted by molar-refractivity contribution is 0.370. The molecular formula is C10H10BrNO2. The van der Waals surface area contributed by atoms with Crippen LogP contribution in [0, 0.1) is 11.3 Å². The summed E-state index contributed by atoms with van der Waals surface area (Å²) in [7, 11) is 1.50. The first-order chi connectivity index (χ1) is 6.69. The van der Waals surface area contributed by atoms with Gasteiger partial charge in [0.1, 0.15) is 0 Å². The molecule has 0 bridgehead atoms. The van der Waals surface area contributed by atoms with Gasteiger partial charge >= 0.3 is 0 Å². The summed E-state index contributed by atoms with van der Waals surface area (Å²) in [5.74, 6) is 0.540. The second-order valence-electron chi connectivity index (χ2n) is 2.77. The van der Waals surface area contributed by atoms with E-state index in [1.807, 2.05) is 6.07 Å². The molecule has 0 aliphatic heterocycles. The number of ether oxygens (including phenoxy) is 1. The fraction of sp³-hybridized carbons (Fsp3) is 0.300. The van der Waals surface area contributed by atoms with Crippen LogP contribution in [0.4, 0.5) is 0 Å². The van der Waals surface area contributed by atoms with Crippen LogP contribution in [0.1, 0.15) is 12.0 Å². The van der Waals surface area contributed by atoms with Gasteiger partial charge in [0.2, 0.25) is 0 Å². The number of nitrogens with zero attached hydrogens (tertiary/aromatic N) is 1. The molecule has 0 aromatic heterocycles. The zero-order chi connectivity index (χ0) is 10.6. The van der Waals surface area contributed by atoms with Crippen molar-refractivity contribution in [3.05, 3.63) is 22.2 Å². The van der Waals surface area contributed by atoms with Gasteiger partial charge in [0.25, 0.3) is 0 Å². The van der Waals surface area contributed by atoms with Crippen LogP contribution >= 0.6 is 15.9 Å². The van der Waals surface area contributed by atoms with E-state index in [9.17, 15) is 5.11 Å². The smallest absolute Gasteiger partial charge is 0.161 e. The number of halogens is 1. The van der Waals surface area contributed by atoms with Crippen LogP contribution in [-0.4, -0.2) is 12.2 Å². The minimum atomic E-state index is 0.117. The maximum atomic E-state index is 9.68. The van der Waals surface area contributed by atoms with Crippen molar-refractivity contribution in [2.45, 2.75) is 12.8 Å². The van der Waals surface area contributed by atoms with Gasteiger partial charge in [-0.1, -0.05) is 15.9 Å². The molecule has 14 heavy (non-hydrogen) atoms. The molecule has 1 aromatic rings. The Morgan fingerprint density at radius 1 is 1.57 bits per heavy atom. The van der Waals surface area contributed by atoms with Crippen LogP contribution in [0.2, 0.25) is 0 Å². The predicted molar refractivity (Wildman–Crippen MR) is 56.3 cm³/mol. The van der Waals surface area contributed by atoms with Crippen molar-refractivity contribution < 1.29 is 9.84 Å². The summed E-state index contributed by atoms with van der Waals surface area (Å²) in [5.41, 5.74) is 0.720. The van der Waals surface area contributed by atoms with Crippen molar-refractivity contribution >= 4 is 15.9 Å². The summed E-state index contributed by atoms with van der Waals surface area (Å²) in [6.07, 6.45) is 0.908. The molecule has 3 nitrogen and oxygen atoms in total. The van der Waals surface area contributed by atoms with Gasteiger partial charge in [-0.2, -0.15) is 5.26 Å². The van der Waals surface area contributed by atoms with E-state index >= 15 is 0 Å². The molecule has 0 saturated carbocycles. The van der Waals surface area contributed by atoms with Crippen molar-refractivity contribution in [2.24, 2.45) is 0 Å². The third-order valence-corrected chi connectivity index (χ3v) is 2.30. The average molecular weight is 256 g/mol. The van der Waals surface area contributed by atoms with Crippen LogP contribution in [0.5, 0.6) is 11.5 Å². The van der Waals surface area contributed by atoms with Crippen molar-refractivity contribution in [1.82, 2.24) is 0 Å². The third kappa shape index (κ3) is 2.39. The van der Waals surface area contributed by atoms with E-state index in [4.69, 9.17) is 10.00 Å². The number of methoxy groups -OCH3 is 1. The molecule has 0 atom stereocenters. The number of aromatic hydroxyl groups is 1. The van der Waals surface area contributed by atoms with Crippen LogP contribution in [0.3, 0.4) is 0 Å². The summed E-state index contributed by atoms with van der Waals surface area (Å²) >= 11 is 3.31. The van der Waals surface area contributed by atoms with Crippen LogP contribution in [0.25, 0.3) is 0 Å². The van der Waals surface area contributed by atoms with Gasteiger partial charge in [-0.05, 0) is 24.1 Å². The molecule has 0 amide bonds. The molecule has 0 unspecified atom stereocenters. The summed E-state index contributed by atoms with van der Waals surface area (Å²) in [5, 5.41) is 18.1. The highest BCUT2D eigenvalue weighted by Gasteiger charge is 2.08. The van der Waals surface area contributed by atoms with Gasteiger partial charge in [-0.25, -0.2) is 0 Å². The van der Waals surface area contributed by atoms with E-state index in [0.29, 0.717) is 18.6 Å². The quantitative estimate of drug-likeness (QED) is 0.904. The summed E-state index contributed by atoms with van der Waals surface area (Å²) in [6, 6.07) is 5.51. The molecule has 1 N–H and O–H groups in total. The van der Waals surface area contributed by atoms with Gasteiger partial charge in [0.05, 0.1) is 13.2 Å². The zero-order valence-corrected chi connectivity index (χ0v) is 9.34. The predicted octanol–water partition coefficient (Wildman–Crippen LogP) is 2.62. The first-order valence-corrected chi connectivity index (χ1v) is 4.90.